The second kappa shape index (κ2) is 5.33. The topological polar surface area (TPSA) is 27.0 Å². The molecule has 0 spiro atoms. The Morgan fingerprint density at radius 1 is 1.47 bits per heavy atom. The summed E-state index contributed by atoms with van der Waals surface area (Å²) in [4.78, 5) is 2.32. The number of rotatable bonds is 2. The third-order valence-corrected chi connectivity index (χ3v) is 3.53. The maximum Gasteiger partial charge on any atom is 0.123 e. The SMILES string of the molecule is Cc1cccc(C(C#N)N2CCCC(C)C2)c1. The number of hydrogen-bond donors (Lipinski definition) is 0. The van der Waals surface area contributed by atoms with E-state index in [4.69, 9.17) is 0 Å². The van der Waals surface area contributed by atoms with Gasteiger partial charge in [-0.1, -0.05) is 36.8 Å². The van der Waals surface area contributed by atoms with Crippen molar-refractivity contribution in [2.75, 3.05) is 13.1 Å². The van der Waals surface area contributed by atoms with Gasteiger partial charge >= 0.3 is 0 Å². The monoisotopic (exact) mass is 228 g/mol. The van der Waals surface area contributed by atoms with E-state index < -0.39 is 0 Å². The van der Waals surface area contributed by atoms with Gasteiger partial charge in [0.2, 0.25) is 0 Å². The van der Waals surface area contributed by atoms with Gasteiger partial charge in [-0.3, -0.25) is 4.90 Å². The Morgan fingerprint density at radius 3 is 2.94 bits per heavy atom. The molecule has 2 atom stereocenters. The molecule has 1 aliphatic heterocycles. The molecule has 1 heterocycles. The zero-order chi connectivity index (χ0) is 12.3. The molecule has 0 saturated carbocycles. The Morgan fingerprint density at radius 2 is 2.29 bits per heavy atom. The minimum Gasteiger partial charge on any atom is -0.284 e. The number of likely N-dealkylation sites (tertiary alicyclic amines) is 1. The number of nitrogens with zero attached hydrogens (tertiary/aromatic N) is 2. The molecule has 1 aromatic carbocycles. The van der Waals surface area contributed by atoms with Crippen LogP contribution in [0.15, 0.2) is 24.3 Å². The normalized spacial score (nSPS) is 23.0. The molecule has 2 heteroatoms. The van der Waals surface area contributed by atoms with Crippen LogP contribution in [0.5, 0.6) is 0 Å². The Bertz CT molecular complexity index is 419. The Kier molecular flexibility index (Phi) is 3.81. The summed E-state index contributed by atoms with van der Waals surface area (Å²) in [5.41, 5.74) is 2.37. The first-order valence-electron chi connectivity index (χ1n) is 6.41. The predicted octanol–water partition coefficient (Wildman–Crippen LogP) is 3.29. The lowest BCUT2D eigenvalue weighted by molar-refractivity contribution is 0.156. The van der Waals surface area contributed by atoms with Crippen LogP contribution in [0.3, 0.4) is 0 Å². The molecule has 0 amide bonds. The van der Waals surface area contributed by atoms with Crippen LogP contribution in [0.4, 0.5) is 0 Å². The van der Waals surface area contributed by atoms with E-state index in [1.807, 2.05) is 6.07 Å². The molecule has 0 N–H and O–H groups in total. The van der Waals surface area contributed by atoms with E-state index in [9.17, 15) is 5.26 Å². The van der Waals surface area contributed by atoms with Crippen LogP contribution in [0.25, 0.3) is 0 Å². The first-order chi connectivity index (χ1) is 8.20. The predicted molar refractivity (Wildman–Crippen MR) is 69.5 cm³/mol. The van der Waals surface area contributed by atoms with Crippen molar-refractivity contribution in [3.05, 3.63) is 35.4 Å². The van der Waals surface area contributed by atoms with Crippen molar-refractivity contribution >= 4 is 0 Å². The molecular weight excluding hydrogens is 208 g/mol. The van der Waals surface area contributed by atoms with Crippen LogP contribution >= 0.6 is 0 Å². The van der Waals surface area contributed by atoms with Crippen molar-refractivity contribution in [3.63, 3.8) is 0 Å². The molecular formula is C15H20N2. The summed E-state index contributed by atoms with van der Waals surface area (Å²) >= 11 is 0. The highest BCUT2D eigenvalue weighted by Crippen LogP contribution is 2.26. The molecule has 0 bridgehead atoms. The van der Waals surface area contributed by atoms with Crippen molar-refractivity contribution in [1.29, 1.82) is 5.26 Å². The highest BCUT2D eigenvalue weighted by atomic mass is 15.2. The molecule has 1 aromatic rings. The summed E-state index contributed by atoms with van der Waals surface area (Å²) in [6.45, 7) is 6.45. The van der Waals surface area contributed by atoms with Crippen LogP contribution in [0.1, 0.15) is 36.9 Å². The maximum absolute atomic E-state index is 9.42. The average molecular weight is 228 g/mol. The molecule has 17 heavy (non-hydrogen) atoms. The quantitative estimate of drug-likeness (QED) is 0.776. The fourth-order valence-corrected chi connectivity index (χ4v) is 2.67. The van der Waals surface area contributed by atoms with Crippen molar-refractivity contribution in [2.45, 2.75) is 32.7 Å². The molecule has 0 aromatic heterocycles. The summed E-state index contributed by atoms with van der Waals surface area (Å²) in [5.74, 6) is 0.712. The van der Waals surface area contributed by atoms with Crippen LogP contribution in [0, 0.1) is 24.2 Å². The number of hydrogen-bond acceptors (Lipinski definition) is 2. The van der Waals surface area contributed by atoms with Gasteiger partial charge in [-0.15, -0.1) is 0 Å². The van der Waals surface area contributed by atoms with Gasteiger partial charge in [0, 0.05) is 6.54 Å². The standard InChI is InChI=1S/C15H20N2/c1-12-5-3-7-14(9-12)15(10-16)17-8-4-6-13(2)11-17/h3,5,7,9,13,15H,4,6,8,11H2,1-2H3. The zero-order valence-corrected chi connectivity index (χ0v) is 10.7. The van der Waals surface area contributed by atoms with Crippen LogP contribution in [-0.2, 0) is 0 Å². The van der Waals surface area contributed by atoms with Crippen LogP contribution in [-0.4, -0.2) is 18.0 Å². The summed E-state index contributed by atoms with van der Waals surface area (Å²) in [7, 11) is 0. The number of nitriles is 1. The number of piperidine rings is 1. The summed E-state index contributed by atoms with van der Waals surface area (Å²) < 4.78 is 0. The van der Waals surface area contributed by atoms with Gasteiger partial charge in [-0.2, -0.15) is 5.26 Å². The Hall–Kier alpha value is -1.33. The van der Waals surface area contributed by atoms with Crippen molar-refractivity contribution < 1.29 is 0 Å². The average Bonchev–Trinajstić information content (AvgIpc) is 2.30. The first kappa shape index (κ1) is 12.1. The molecule has 2 rings (SSSR count). The molecule has 0 radical (unpaired) electrons. The third-order valence-electron chi connectivity index (χ3n) is 3.53. The van der Waals surface area contributed by atoms with Crippen molar-refractivity contribution in [2.24, 2.45) is 5.92 Å². The van der Waals surface area contributed by atoms with E-state index in [1.54, 1.807) is 0 Å². The van der Waals surface area contributed by atoms with Gasteiger partial charge in [-0.05, 0) is 37.8 Å². The highest BCUT2D eigenvalue weighted by Gasteiger charge is 2.24. The van der Waals surface area contributed by atoms with Gasteiger partial charge < -0.3 is 0 Å². The maximum atomic E-state index is 9.42. The molecule has 2 nitrogen and oxygen atoms in total. The van der Waals surface area contributed by atoms with Gasteiger partial charge in [0.25, 0.3) is 0 Å². The number of aryl methyl sites for hydroxylation is 1. The molecule has 2 unspecified atom stereocenters. The summed E-state index contributed by atoms with van der Waals surface area (Å²) in [5, 5.41) is 9.42. The number of benzene rings is 1. The highest BCUT2D eigenvalue weighted by molar-refractivity contribution is 5.28. The van der Waals surface area contributed by atoms with E-state index >= 15 is 0 Å². The van der Waals surface area contributed by atoms with E-state index in [0.717, 1.165) is 18.7 Å². The molecule has 90 valence electrons. The van der Waals surface area contributed by atoms with Crippen molar-refractivity contribution in [3.8, 4) is 6.07 Å². The Labute approximate surface area is 104 Å². The van der Waals surface area contributed by atoms with E-state index in [1.165, 1.54) is 18.4 Å². The van der Waals surface area contributed by atoms with Crippen LogP contribution in [0.2, 0.25) is 0 Å². The van der Waals surface area contributed by atoms with Crippen LogP contribution < -0.4 is 0 Å². The lowest BCUT2D eigenvalue weighted by atomic mass is 9.96. The van der Waals surface area contributed by atoms with Gasteiger partial charge in [-0.25, -0.2) is 0 Å². The molecule has 1 saturated heterocycles. The lowest BCUT2D eigenvalue weighted by Crippen LogP contribution is -2.36. The molecule has 1 fully saturated rings. The first-order valence-corrected chi connectivity index (χ1v) is 6.41. The molecule has 0 aliphatic carbocycles. The van der Waals surface area contributed by atoms with Crippen molar-refractivity contribution in [1.82, 2.24) is 4.90 Å². The molecule has 1 aliphatic rings. The Balaban J connectivity index is 2.19. The van der Waals surface area contributed by atoms with E-state index in [2.05, 4.69) is 43.0 Å². The third kappa shape index (κ3) is 2.87. The second-order valence-corrected chi connectivity index (χ2v) is 5.19. The minimum atomic E-state index is -0.0716. The largest absolute Gasteiger partial charge is 0.284 e. The summed E-state index contributed by atoms with van der Waals surface area (Å²) in [6.07, 6.45) is 2.51. The smallest absolute Gasteiger partial charge is 0.123 e. The van der Waals surface area contributed by atoms with E-state index in [0.29, 0.717) is 5.92 Å². The van der Waals surface area contributed by atoms with Gasteiger partial charge in [0.1, 0.15) is 6.04 Å². The zero-order valence-electron chi connectivity index (χ0n) is 10.7. The second-order valence-electron chi connectivity index (χ2n) is 5.19. The van der Waals surface area contributed by atoms with E-state index in [-0.39, 0.29) is 6.04 Å². The minimum absolute atomic E-state index is 0.0716. The lowest BCUT2D eigenvalue weighted by Gasteiger charge is -2.34. The van der Waals surface area contributed by atoms with Gasteiger partial charge in [0.05, 0.1) is 6.07 Å². The van der Waals surface area contributed by atoms with Gasteiger partial charge in [0.15, 0.2) is 0 Å². The fraction of sp³-hybridized carbons (Fsp3) is 0.533. The fourth-order valence-electron chi connectivity index (χ4n) is 2.67. The summed E-state index contributed by atoms with van der Waals surface area (Å²) in [6, 6.07) is 10.7.